The molecule has 0 aromatic carbocycles. The standard InChI is InChI=1S/C9H20N2O2S/c1-2-3-4-7-10-14(12,13)11-8-5-6-9-11/h10H,2-9H2,1H3. The fourth-order valence-electron chi connectivity index (χ4n) is 1.60. The molecule has 5 heteroatoms. The van der Waals surface area contributed by atoms with Gasteiger partial charge in [-0.1, -0.05) is 19.8 Å². The second kappa shape index (κ2) is 5.68. The van der Waals surface area contributed by atoms with Crippen molar-refractivity contribution in [2.24, 2.45) is 0 Å². The summed E-state index contributed by atoms with van der Waals surface area (Å²) in [6.45, 7) is 4.05. The van der Waals surface area contributed by atoms with Crippen LogP contribution in [0, 0.1) is 0 Å². The van der Waals surface area contributed by atoms with E-state index in [1.165, 1.54) is 0 Å². The normalized spacial score (nSPS) is 18.9. The van der Waals surface area contributed by atoms with E-state index in [0.717, 1.165) is 32.1 Å². The zero-order valence-corrected chi connectivity index (χ0v) is 9.65. The van der Waals surface area contributed by atoms with Crippen LogP contribution < -0.4 is 4.72 Å². The van der Waals surface area contributed by atoms with Crippen LogP contribution in [0.5, 0.6) is 0 Å². The van der Waals surface area contributed by atoms with Gasteiger partial charge in [0.2, 0.25) is 0 Å². The Labute approximate surface area is 86.9 Å². The first kappa shape index (κ1) is 11.9. The van der Waals surface area contributed by atoms with Crippen molar-refractivity contribution in [1.29, 1.82) is 0 Å². The van der Waals surface area contributed by atoms with Crippen LogP contribution in [0.3, 0.4) is 0 Å². The van der Waals surface area contributed by atoms with E-state index in [2.05, 4.69) is 11.6 Å². The molecule has 4 nitrogen and oxygen atoms in total. The summed E-state index contributed by atoms with van der Waals surface area (Å²) in [5.41, 5.74) is 0. The Bertz CT molecular complexity index is 246. The van der Waals surface area contributed by atoms with E-state index in [4.69, 9.17) is 0 Å². The van der Waals surface area contributed by atoms with Gasteiger partial charge in [-0.15, -0.1) is 0 Å². The maximum absolute atomic E-state index is 11.6. The average Bonchev–Trinajstić information content (AvgIpc) is 2.65. The quantitative estimate of drug-likeness (QED) is 0.682. The van der Waals surface area contributed by atoms with E-state index >= 15 is 0 Å². The number of nitrogens with zero attached hydrogens (tertiary/aromatic N) is 1. The van der Waals surface area contributed by atoms with Gasteiger partial charge >= 0.3 is 0 Å². The van der Waals surface area contributed by atoms with E-state index in [9.17, 15) is 8.42 Å². The molecule has 0 bridgehead atoms. The highest BCUT2D eigenvalue weighted by molar-refractivity contribution is 7.87. The van der Waals surface area contributed by atoms with E-state index in [-0.39, 0.29) is 0 Å². The van der Waals surface area contributed by atoms with Crippen LogP contribution in [0.15, 0.2) is 0 Å². The first-order valence-electron chi connectivity index (χ1n) is 5.41. The third-order valence-corrected chi connectivity index (χ3v) is 4.08. The molecule has 0 unspecified atom stereocenters. The smallest absolute Gasteiger partial charge is 0.202 e. The van der Waals surface area contributed by atoms with E-state index in [1.807, 2.05) is 0 Å². The minimum atomic E-state index is -3.16. The van der Waals surface area contributed by atoms with Crippen molar-refractivity contribution in [3.63, 3.8) is 0 Å². The molecule has 84 valence electrons. The van der Waals surface area contributed by atoms with Crippen molar-refractivity contribution in [3.8, 4) is 0 Å². The van der Waals surface area contributed by atoms with Gasteiger partial charge in [0.15, 0.2) is 0 Å². The van der Waals surface area contributed by atoms with Crippen molar-refractivity contribution < 1.29 is 8.42 Å². The Kier molecular flexibility index (Phi) is 4.84. The third-order valence-electron chi connectivity index (χ3n) is 2.47. The summed E-state index contributed by atoms with van der Waals surface area (Å²) < 4.78 is 27.4. The van der Waals surface area contributed by atoms with Crippen LogP contribution in [0.2, 0.25) is 0 Å². The Morgan fingerprint density at radius 2 is 1.86 bits per heavy atom. The minimum Gasteiger partial charge on any atom is -0.202 e. The first-order chi connectivity index (χ1) is 6.67. The average molecular weight is 220 g/mol. The molecule has 0 aliphatic carbocycles. The number of hydrogen-bond acceptors (Lipinski definition) is 2. The van der Waals surface area contributed by atoms with Crippen LogP contribution in [0.1, 0.15) is 39.0 Å². The predicted molar refractivity (Wildman–Crippen MR) is 57.3 cm³/mol. The molecule has 1 rings (SSSR count). The largest absolute Gasteiger partial charge is 0.279 e. The lowest BCUT2D eigenvalue weighted by Crippen LogP contribution is -2.39. The van der Waals surface area contributed by atoms with Crippen molar-refractivity contribution in [2.75, 3.05) is 19.6 Å². The Morgan fingerprint density at radius 3 is 2.43 bits per heavy atom. The fraction of sp³-hybridized carbons (Fsp3) is 1.00. The maximum Gasteiger partial charge on any atom is 0.279 e. The number of hydrogen-bond donors (Lipinski definition) is 1. The SMILES string of the molecule is CCCCCNS(=O)(=O)N1CCCC1. The third kappa shape index (κ3) is 3.55. The first-order valence-corrected chi connectivity index (χ1v) is 6.85. The highest BCUT2D eigenvalue weighted by Gasteiger charge is 2.24. The van der Waals surface area contributed by atoms with Crippen molar-refractivity contribution >= 4 is 10.2 Å². The zero-order valence-electron chi connectivity index (χ0n) is 8.83. The molecule has 0 radical (unpaired) electrons. The van der Waals surface area contributed by atoms with Gasteiger partial charge in [-0.2, -0.15) is 12.7 Å². The molecule has 1 aliphatic rings. The van der Waals surface area contributed by atoms with Gasteiger partial charge in [0, 0.05) is 19.6 Å². The number of unbranched alkanes of at least 4 members (excludes halogenated alkanes) is 2. The summed E-state index contributed by atoms with van der Waals surface area (Å²) in [7, 11) is -3.16. The molecular weight excluding hydrogens is 200 g/mol. The lowest BCUT2D eigenvalue weighted by Gasteiger charge is -2.15. The summed E-state index contributed by atoms with van der Waals surface area (Å²) in [5, 5.41) is 0. The van der Waals surface area contributed by atoms with Crippen LogP contribution >= 0.6 is 0 Å². The number of rotatable bonds is 6. The van der Waals surface area contributed by atoms with Crippen LogP contribution in [0.4, 0.5) is 0 Å². The Hall–Kier alpha value is -0.130. The van der Waals surface area contributed by atoms with Crippen molar-refractivity contribution in [3.05, 3.63) is 0 Å². The molecule has 1 aliphatic heterocycles. The minimum absolute atomic E-state index is 0.576. The Balaban J connectivity index is 2.26. The van der Waals surface area contributed by atoms with E-state index in [0.29, 0.717) is 19.6 Å². The maximum atomic E-state index is 11.6. The monoisotopic (exact) mass is 220 g/mol. The summed E-state index contributed by atoms with van der Waals surface area (Å²) in [4.78, 5) is 0. The Morgan fingerprint density at radius 1 is 1.21 bits per heavy atom. The molecule has 1 saturated heterocycles. The zero-order chi connectivity index (χ0) is 10.4. The van der Waals surface area contributed by atoms with E-state index < -0.39 is 10.2 Å². The molecule has 0 saturated carbocycles. The molecule has 0 atom stereocenters. The van der Waals surface area contributed by atoms with Gasteiger partial charge in [-0.05, 0) is 19.3 Å². The molecular formula is C9H20N2O2S. The summed E-state index contributed by atoms with van der Waals surface area (Å²) in [6, 6.07) is 0. The van der Waals surface area contributed by atoms with Crippen LogP contribution in [-0.2, 0) is 10.2 Å². The van der Waals surface area contributed by atoms with Gasteiger partial charge in [0.1, 0.15) is 0 Å². The van der Waals surface area contributed by atoms with E-state index in [1.54, 1.807) is 4.31 Å². The summed E-state index contributed by atoms with van der Waals surface area (Å²) in [5.74, 6) is 0. The summed E-state index contributed by atoms with van der Waals surface area (Å²) >= 11 is 0. The van der Waals surface area contributed by atoms with Crippen molar-refractivity contribution in [1.82, 2.24) is 9.03 Å². The lowest BCUT2D eigenvalue weighted by atomic mass is 10.3. The van der Waals surface area contributed by atoms with Gasteiger partial charge in [0.05, 0.1) is 0 Å². The second-order valence-corrected chi connectivity index (χ2v) is 5.47. The predicted octanol–water partition coefficient (Wildman–Crippen LogP) is 1.11. The number of nitrogens with one attached hydrogen (secondary N) is 1. The molecule has 14 heavy (non-hydrogen) atoms. The van der Waals surface area contributed by atoms with Gasteiger partial charge in [-0.25, -0.2) is 4.72 Å². The molecule has 1 N–H and O–H groups in total. The topological polar surface area (TPSA) is 49.4 Å². The van der Waals surface area contributed by atoms with Crippen molar-refractivity contribution in [2.45, 2.75) is 39.0 Å². The molecule has 0 aromatic rings. The van der Waals surface area contributed by atoms with Gasteiger partial charge in [-0.3, -0.25) is 0 Å². The van der Waals surface area contributed by atoms with Crippen LogP contribution in [-0.4, -0.2) is 32.4 Å². The molecule has 1 heterocycles. The second-order valence-electron chi connectivity index (χ2n) is 3.71. The molecule has 0 aromatic heterocycles. The molecule has 1 fully saturated rings. The van der Waals surface area contributed by atoms with Crippen LogP contribution in [0.25, 0.3) is 0 Å². The highest BCUT2D eigenvalue weighted by atomic mass is 32.2. The highest BCUT2D eigenvalue weighted by Crippen LogP contribution is 2.10. The lowest BCUT2D eigenvalue weighted by molar-refractivity contribution is 0.463. The van der Waals surface area contributed by atoms with Gasteiger partial charge < -0.3 is 0 Å². The van der Waals surface area contributed by atoms with Gasteiger partial charge in [0.25, 0.3) is 10.2 Å². The molecule has 0 spiro atoms. The molecule has 0 amide bonds. The fourth-order valence-corrected chi connectivity index (χ4v) is 2.92. The summed E-state index contributed by atoms with van der Waals surface area (Å²) in [6.07, 6.45) is 5.13.